The molecule has 0 saturated heterocycles. The van der Waals surface area contributed by atoms with Gasteiger partial charge in [-0.2, -0.15) is 0 Å². The van der Waals surface area contributed by atoms with Gasteiger partial charge in [0.1, 0.15) is 24.4 Å². The summed E-state index contributed by atoms with van der Waals surface area (Å²) in [5, 5.41) is 0. The summed E-state index contributed by atoms with van der Waals surface area (Å²) in [6.45, 7) is -0.0845. The van der Waals surface area contributed by atoms with E-state index in [1.54, 1.807) is 0 Å². The summed E-state index contributed by atoms with van der Waals surface area (Å²) in [6.07, 6.45) is -0.707. The SMILES string of the molecule is O=CC(COC(=O)OC1c2ccccc2Oc2ccccc21)c1ccccc1. The van der Waals surface area contributed by atoms with Crippen molar-refractivity contribution >= 4 is 12.4 Å². The van der Waals surface area contributed by atoms with Gasteiger partial charge in [-0.3, -0.25) is 0 Å². The molecule has 5 nitrogen and oxygen atoms in total. The van der Waals surface area contributed by atoms with Crippen LogP contribution < -0.4 is 4.74 Å². The highest BCUT2D eigenvalue weighted by Gasteiger charge is 2.30. The number of benzene rings is 3. The van der Waals surface area contributed by atoms with E-state index >= 15 is 0 Å². The van der Waals surface area contributed by atoms with Gasteiger partial charge >= 0.3 is 6.16 Å². The lowest BCUT2D eigenvalue weighted by Crippen LogP contribution is -2.20. The van der Waals surface area contributed by atoms with E-state index in [9.17, 15) is 9.59 Å². The van der Waals surface area contributed by atoms with E-state index in [2.05, 4.69) is 0 Å². The predicted molar refractivity (Wildman–Crippen MR) is 102 cm³/mol. The number of carbonyl (C=O) groups excluding carboxylic acids is 2. The van der Waals surface area contributed by atoms with E-state index in [0.29, 0.717) is 11.5 Å². The van der Waals surface area contributed by atoms with Gasteiger partial charge in [-0.25, -0.2) is 4.79 Å². The van der Waals surface area contributed by atoms with Crippen molar-refractivity contribution in [3.8, 4) is 11.5 Å². The maximum atomic E-state index is 12.4. The molecule has 0 spiro atoms. The number of rotatable bonds is 5. The largest absolute Gasteiger partial charge is 0.509 e. The topological polar surface area (TPSA) is 61.8 Å². The maximum absolute atomic E-state index is 12.4. The zero-order valence-corrected chi connectivity index (χ0v) is 15.0. The van der Waals surface area contributed by atoms with Crippen LogP contribution in [-0.2, 0) is 14.3 Å². The molecule has 5 heteroatoms. The number of carbonyl (C=O) groups is 2. The molecule has 1 unspecified atom stereocenters. The number of para-hydroxylation sites is 2. The molecule has 1 aliphatic rings. The van der Waals surface area contributed by atoms with Crippen molar-refractivity contribution in [2.75, 3.05) is 6.61 Å². The standard InChI is InChI=1S/C23H18O5/c24-14-17(16-8-2-1-3-9-16)15-26-23(25)28-22-18-10-4-6-12-20(18)27-21-13-7-5-11-19(21)22/h1-14,17,22H,15H2. The Balaban J connectivity index is 1.50. The third kappa shape index (κ3) is 3.60. The quantitative estimate of drug-likeness (QED) is 0.464. The van der Waals surface area contributed by atoms with Crippen molar-refractivity contribution in [1.29, 1.82) is 0 Å². The van der Waals surface area contributed by atoms with Gasteiger partial charge in [-0.1, -0.05) is 66.7 Å². The maximum Gasteiger partial charge on any atom is 0.509 e. The molecule has 4 rings (SSSR count). The third-order valence-corrected chi connectivity index (χ3v) is 4.61. The van der Waals surface area contributed by atoms with Crippen molar-refractivity contribution in [2.45, 2.75) is 12.0 Å². The van der Waals surface area contributed by atoms with Crippen LogP contribution in [0.25, 0.3) is 0 Å². The van der Waals surface area contributed by atoms with Gasteiger partial charge in [0, 0.05) is 11.1 Å². The molecule has 3 aromatic carbocycles. The third-order valence-electron chi connectivity index (χ3n) is 4.61. The normalized spacial score (nSPS) is 13.4. The van der Waals surface area contributed by atoms with E-state index in [-0.39, 0.29) is 6.61 Å². The Labute approximate surface area is 162 Å². The van der Waals surface area contributed by atoms with E-state index in [1.165, 1.54) is 0 Å². The van der Waals surface area contributed by atoms with Crippen molar-refractivity contribution in [2.24, 2.45) is 0 Å². The van der Waals surface area contributed by atoms with Gasteiger partial charge in [0.2, 0.25) is 0 Å². The minimum absolute atomic E-state index is 0.0845. The fourth-order valence-corrected chi connectivity index (χ4v) is 3.20. The minimum Gasteiger partial charge on any atom is -0.456 e. The van der Waals surface area contributed by atoms with Crippen molar-refractivity contribution in [3.63, 3.8) is 0 Å². The molecule has 140 valence electrons. The Morgan fingerprint density at radius 3 is 2.07 bits per heavy atom. The predicted octanol–water partition coefficient (Wildman–Crippen LogP) is 5.02. The summed E-state index contributed by atoms with van der Waals surface area (Å²) in [4.78, 5) is 23.8. The average molecular weight is 374 g/mol. The molecular weight excluding hydrogens is 356 g/mol. The Hall–Kier alpha value is -3.60. The molecule has 0 bridgehead atoms. The number of ether oxygens (including phenoxy) is 3. The second kappa shape index (κ2) is 7.96. The summed E-state index contributed by atoms with van der Waals surface area (Å²) in [5.74, 6) is 0.728. The molecule has 0 radical (unpaired) electrons. The molecule has 3 aromatic rings. The van der Waals surface area contributed by atoms with Gasteiger partial charge in [0.15, 0.2) is 6.10 Å². The zero-order chi connectivity index (χ0) is 19.3. The van der Waals surface area contributed by atoms with Crippen LogP contribution in [0.1, 0.15) is 28.7 Å². The number of fused-ring (bicyclic) bond motifs is 2. The van der Waals surface area contributed by atoms with Gasteiger partial charge in [0.25, 0.3) is 0 Å². The summed E-state index contributed by atoms with van der Waals surface area (Å²) >= 11 is 0. The summed E-state index contributed by atoms with van der Waals surface area (Å²) in [5.41, 5.74) is 2.27. The lowest BCUT2D eigenvalue weighted by molar-refractivity contribution is -0.110. The first-order valence-electron chi connectivity index (χ1n) is 8.95. The highest BCUT2D eigenvalue weighted by atomic mass is 16.7. The average Bonchev–Trinajstić information content (AvgIpc) is 2.75. The highest BCUT2D eigenvalue weighted by molar-refractivity contribution is 5.66. The van der Waals surface area contributed by atoms with E-state index in [1.807, 2.05) is 78.9 Å². The van der Waals surface area contributed by atoms with E-state index in [0.717, 1.165) is 23.0 Å². The van der Waals surface area contributed by atoms with Crippen molar-refractivity contribution in [1.82, 2.24) is 0 Å². The molecule has 0 amide bonds. The van der Waals surface area contributed by atoms with Crippen LogP contribution >= 0.6 is 0 Å². The number of hydrogen-bond donors (Lipinski definition) is 0. The molecule has 0 aromatic heterocycles. The van der Waals surface area contributed by atoms with Gasteiger partial charge < -0.3 is 19.0 Å². The molecule has 0 N–H and O–H groups in total. The Kier molecular flexibility index (Phi) is 5.06. The van der Waals surface area contributed by atoms with Crippen LogP contribution in [0.3, 0.4) is 0 Å². The lowest BCUT2D eigenvalue weighted by Gasteiger charge is -2.27. The van der Waals surface area contributed by atoms with Gasteiger partial charge in [0.05, 0.1) is 5.92 Å². The highest BCUT2D eigenvalue weighted by Crippen LogP contribution is 2.44. The van der Waals surface area contributed by atoms with Crippen LogP contribution in [0, 0.1) is 0 Å². The Bertz CT molecular complexity index is 938. The monoisotopic (exact) mass is 374 g/mol. The second-order valence-corrected chi connectivity index (χ2v) is 6.39. The number of hydrogen-bond acceptors (Lipinski definition) is 5. The molecule has 1 heterocycles. The molecular formula is C23H18O5. The van der Waals surface area contributed by atoms with Crippen LogP contribution in [0.5, 0.6) is 11.5 Å². The molecule has 0 aliphatic carbocycles. The lowest BCUT2D eigenvalue weighted by atomic mass is 9.97. The van der Waals surface area contributed by atoms with Crippen molar-refractivity contribution < 1.29 is 23.8 Å². The molecule has 1 atom stereocenters. The first-order chi connectivity index (χ1) is 13.8. The van der Waals surface area contributed by atoms with Gasteiger partial charge in [-0.15, -0.1) is 0 Å². The van der Waals surface area contributed by atoms with Gasteiger partial charge in [-0.05, 0) is 17.7 Å². The summed E-state index contributed by atoms with van der Waals surface area (Å²) in [7, 11) is 0. The minimum atomic E-state index is -0.834. The molecule has 0 fully saturated rings. The second-order valence-electron chi connectivity index (χ2n) is 6.39. The smallest absolute Gasteiger partial charge is 0.456 e. The fourth-order valence-electron chi connectivity index (χ4n) is 3.20. The van der Waals surface area contributed by atoms with E-state index < -0.39 is 18.2 Å². The van der Waals surface area contributed by atoms with E-state index in [4.69, 9.17) is 14.2 Å². The van der Waals surface area contributed by atoms with Crippen LogP contribution in [0.2, 0.25) is 0 Å². The Morgan fingerprint density at radius 2 is 1.46 bits per heavy atom. The molecule has 28 heavy (non-hydrogen) atoms. The molecule has 1 aliphatic heterocycles. The summed E-state index contributed by atoms with van der Waals surface area (Å²) < 4.78 is 16.8. The zero-order valence-electron chi connectivity index (χ0n) is 15.0. The van der Waals surface area contributed by atoms with Crippen LogP contribution in [0.4, 0.5) is 4.79 Å². The van der Waals surface area contributed by atoms with Crippen LogP contribution in [0.15, 0.2) is 78.9 Å². The first-order valence-corrected chi connectivity index (χ1v) is 8.95. The number of aldehydes is 1. The summed E-state index contributed by atoms with van der Waals surface area (Å²) in [6, 6.07) is 23.9. The Morgan fingerprint density at radius 1 is 0.893 bits per heavy atom. The first kappa shape index (κ1) is 17.8. The van der Waals surface area contributed by atoms with Crippen LogP contribution in [-0.4, -0.2) is 19.0 Å². The van der Waals surface area contributed by atoms with Crippen molar-refractivity contribution in [3.05, 3.63) is 95.6 Å². The molecule has 0 saturated carbocycles. The fraction of sp³-hybridized carbons (Fsp3) is 0.130.